The number of hydrogen-bond donors (Lipinski definition) is 1. The summed E-state index contributed by atoms with van der Waals surface area (Å²) in [5, 5.41) is 0. The van der Waals surface area contributed by atoms with E-state index in [4.69, 9.17) is 10.5 Å². The van der Waals surface area contributed by atoms with Crippen molar-refractivity contribution in [1.82, 2.24) is 4.98 Å². The number of halogens is 3. The highest BCUT2D eigenvalue weighted by atomic mass is 127. The van der Waals surface area contributed by atoms with E-state index in [1.165, 1.54) is 13.2 Å². The van der Waals surface area contributed by atoms with Gasteiger partial charge in [0.15, 0.2) is 0 Å². The fourth-order valence-corrected chi connectivity index (χ4v) is 1.40. The number of nitrogen functional groups attached to an aromatic ring is 1. The molecule has 0 aliphatic heterocycles. The Morgan fingerprint density at radius 3 is 2.69 bits per heavy atom. The first-order chi connectivity index (χ1) is 6.06. The van der Waals surface area contributed by atoms with E-state index in [0.717, 1.165) is 0 Å². The lowest BCUT2D eigenvalue weighted by Crippen LogP contribution is -2.03. The number of alkyl halides is 2. The highest BCUT2D eigenvalue weighted by Crippen LogP contribution is 2.31. The van der Waals surface area contributed by atoms with E-state index in [1.54, 1.807) is 0 Å². The molecule has 1 heterocycles. The topological polar surface area (TPSA) is 48.1 Å². The van der Waals surface area contributed by atoms with Crippen molar-refractivity contribution in [2.75, 3.05) is 12.8 Å². The Hall–Kier alpha value is -0.660. The summed E-state index contributed by atoms with van der Waals surface area (Å²) in [5.74, 6) is 0.231. The summed E-state index contributed by atoms with van der Waals surface area (Å²) in [6.07, 6.45) is -2.68. The summed E-state index contributed by atoms with van der Waals surface area (Å²) < 4.78 is 29.9. The van der Waals surface area contributed by atoms with Crippen LogP contribution in [-0.4, -0.2) is 12.1 Å². The molecular formula is C7H7F2IN2O. The molecule has 0 atom stereocenters. The molecule has 6 heteroatoms. The molecular weight excluding hydrogens is 293 g/mol. The van der Waals surface area contributed by atoms with Crippen LogP contribution in [0.3, 0.4) is 0 Å². The van der Waals surface area contributed by atoms with Gasteiger partial charge in [-0.3, -0.25) is 0 Å². The van der Waals surface area contributed by atoms with Crippen LogP contribution < -0.4 is 10.5 Å². The smallest absolute Gasteiger partial charge is 0.282 e. The Kier molecular flexibility index (Phi) is 3.23. The largest absolute Gasteiger partial charge is 0.494 e. The second kappa shape index (κ2) is 4.03. The molecule has 1 aromatic rings. The van der Waals surface area contributed by atoms with Gasteiger partial charge in [0.25, 0.3) is 6.43 Å². The maximum Gasteiger partial charge on any atom is 0.282 e. The van der Waals surface area contributed by atoms with Crippen molar-refractivity contribution >= 4 is 28.3 Å². The van der Waals surface area contributed by atoms with Crippen LogP contribution in [-0.2, 0) is 0 Å². The van der Waals surface area contributed by atoms with Gasteiger partial charge in [-0.25, -0.2) is 13.8 Å². The Bertz CT molecular complexity index is 320. The molecule has 0 aromatic carbocycles. The van der Waals surface area contributed by atoms with E-state index < -0.39 is 12.1 Å². The number of anilines is 1. The zero-order valence-corrected chi connectivity index (χ0v) is 8.88. The Balaban J connectivity index is 3.27. The normalized spacial score (nSPS) is 10.5. The first-order valence-electron chi connectivity index (χ1n) is 3.34. The molecule has 13 heavy (non-hydrogen) atoms. The Labute approximate surface area is 87.4 Å². The van der Waals surface area contributed by atoms with Crippen molar-refractivity contribution in [3.05, 3.63) is 15.5 Å². The molecule has 0 aliphatic carbocycles. The number of nitrogens with zero attached hydrogens (tertiary/aromatic N) is 1. The van der Waals surface area contributed by atoms with E-state index in [0.29, 0.717) is 3.70 Å². The highest BCUT2D eigenvalue weighted by Gasteiger charge is 2.17. The van der Waals surface area contributed by atoms with Crippen molar-refractivity contribution in [3.63, 3.8) is 0 Å². The Morgan fingerprint density at radius 1 is 1.62 bits per heavy atom. The lowest BCUT2D eigenvalue weighted by molar-refractivity contribution is 0.146. The predicted octanol–water partition coefficient (Wildman–Crippen LogP) is 2.21. The average molecular weight is 300 g/mol. The van der Waals surface area contributed by atoms with Gasteiger partial charge in [0.05, 0.1) is 7.11 Å². The monoisotopic (exact) mass is 300 g/mol. The molecule has 0 unspecified atom stereocenters. The summed E-state index contributed by atoms with van der Waals surface area (Å²) in [5.41, 5.74) is 4.87. The van der Waals surface area contributed by atoms with Crippen LogP contribution in [0.2, 0.25) is 0 Å². The van der Waals surface area contributed by atoms with E-state index >= 15 is 0 Å². The second-order valence-corrected chi connectivity index (χ2v) is 3.35. The van der Waals surface area contributed by atoms with E-state index in [-0.39, 0.29) is 11.4 Å². The number of pyridine rings is 1. The summed E-state index contributed by atoms with van der Waals surface area (Å²) in [7, 11) is 1.37. The van der Waals surface area contributed by atoms with Gasteiger partial charge in [0.1, 0.15) is 20.8 Å². The lowest BCUT2D eigenvalue weighted by atomic mass is 10.3. The van der Waals surface area contributed by atoms with Crippen molar-refractivity contribution < 1.29 is 13.5 Å². The quantitative estimate of drug-likeness (QED) is 0.673. The highest BCUT2D eigenvalue weighted by molar-refractivity contribution is 14.1. The lowest BCUT2D eigenvalue weighted by Gasteiger charge is -2.08. The van der Waals surface area contributed by atoms with Gasteiger partial charge in [-0.15, -0.1) is 0 Å². The number of rotatable bonds is 2. The van der Waals surface area contributed by atoms with Gasteiger partial charge in [-0.2, -0.15) is 0 Å². The molecule has 0 saturated heterocycles. The van der Waals surface area contributed by atoms with E-state index in [2.05, 4.69) is 4.98 Å². The summed E-state index contributed by atoms with van der Waals surface area (Å²) in [4.78, 5) is 3.61. The number of aromatic nitrogens is 1. The minimum atomic E-state index is -2.68. The molecule has 3 nitrogen and oxygen atoms in total. The van der Waals surface area contributed by atoms with Crippen LogP contribution in [0, 0.1) is 3.70 Å². The van der Waals surface area contributed by atoms with Gasteiger partial charge < -0.3 is 10.5 Å². The standard InChI is InChI=1S/C7H7F2IN2O/c1-13-3-2-4(10)12-6(5(3)11)7(8)9/h2,7H,11H2,1H3. The van der Waals surface area contributed by atoms with Crippen LogP contribution in [0.1, 0.15) is 12.1 Å². The maximum absolute atomic E-state index is 12.3. The minimum absolute atomic E-state index is 0.0992. The van der Waals surface area contributed by atoms with Gasteiger partial charge >= 0.3 is 0 Å². The maximum atomic E-state index is 12.3. The second-order valence-electron chi connectivity index (χ2n) is 2.25. The minimum Gasteiger partial charge on any atom is -0.494 e. The fraction of sp³-hybridized carbons (Fsp3) is 0.286. The molecule has 0 amide bonds. The summed E-state index contributed by atoms with van der Waals surface area (Å²) >= 11 is 1.82. The fourth-order valence-electron chi connectivity index (χ4n) is 0.855. The third-order valence-electron chi connectivity index (χ3n) is 1.45. The van der Waals surface area contributed by atoms with Crippen LogP contribution in [0.25, 0.3) is 0 Å². The zero-order chi connectivity index (χ0) is 10.0. The molecule has 1 aromatic heterocycles. The summed E-state index contributed by atoms with van der Waals surface area (Å²) in [6.45, 7) is 0. The molecule has 72 valence electrons. The molecule has 0 aliphatic rings. The third kappa shape index (κ3) is 2.17. The number of ether oxygens (including phenoxy) is 1. The molecule has 0 bridgehead atoms. The van der Waals surface area contributed by atoms with Crippen molar-refractivity contribution in [1.29, 1.82) is 0 Å². The summed E-state index contributed by atoms with van der Waals surface area (Å²) in [6, 6.07) is 1.50. The first kappa shape index (κ1) is 10.4. The Morgan fingerprint density at radius 2 is 2.23 bits per heavy atom. The molecule has 0 fully saturated rings. The van der Waals surface area contributed by atoms with Crippen LogP contribution in [0.4, 0.5) is 14.5 Å². The van der Waals surface area contributed by atoms with E-state index in [1.807, 2.05) is 22.6 Å². The molecule has 1 rings (SSSR count). The molecule has 0 saturated carbocycles. The average Bonchev–Trinajstić information content (AvgIpc) is 2.08. The number of hydrogen-bond acceptors (Lipinski definition) is 3. The van der Waals surface area contributed by atoms with Gasteiger partial charge in [-0.05, 0) is 22.6 Å². The van der Waals surface area contributed by atoms with Crippen molar-refractivity contribution in [2.24, 2.45) is 0 Å². The number of nitrogens with two attached hydrogens (primary N) is 1. The van der Waals surface area contributed by atoms with Crippen LogP contribution in [0.15, 0.2) is 6.07 Å². The predicted molar refractivity (Wildman–Crippen MR) is 52.9 cm³/mol. The van der Waals surface area contributed by atoms with Crippen molar-refractivity contribution in [3.8, 4) is 5.75 Å². The third-order valence-corrected chi connectivity index (χ3v) is 2.00. The van der Waals surface area contributed by atoms with Gasteiger partial charge in [0, 0.05) is 6.07 Å². The molecule has 0 spiro atoms. The zero-order valence-electron chi connectivity index (χ0n) is 6.72. The van der Waals surface area contributed by atoms with Gasteiger partial charge in [-0.1, -0.05) is 0 Å². The first-order valence-corrected chi connectivity index (χ1v) is 4.42. The molecule has 2 N–H and O–H groups in total. The van der Waals surface area contributed by atoms with E-state index in [9.17, 15) is 8.78 Å². The van der Waals surface area contributed by atoms with Crippen LogP contribution >= 0.6 is 22.6 Å². The molecule has 0 radical (unpaired) electrons. The van der Waals surface area contributed by atoms with Crippen LogP contribution in [0.5, 0.6) is 5.75 Å². The number of methoxy groups -OCH3 is 1. The van der Waals surface area contributed by atoms with Crippen molar-refractivity contribution in [2.45, 2.75) is 6.43 Å². The SMILES string of the molecule is COc1cc(I)nc(C(F)F)c1N. The van der Waals surface area contributed by atoms with Gasteiger partial charge in [0.2, 0.25) is 0 Å².